The minimum Gasteiger partial charge on any atom is -0.484 e. The summed E-state index contributed by atoms with van der Waals surface area (Å²) in [5, 5.41) is 2.86. The summed E-state index contributed by atoms with van der Waals surface area (Å²) in [6.07, 6.45) is 1.77. The Balaban J connectivity index is 1.48. The molecule has 1 saturated heterocycles. The Bertz CT molecular complexity index is 658. The van der Waals surface area contributed by atoms with Crippen molar-refractivity contribution < 1.29 is 14.3 Å². The van der Waals surface area contributed by atoms with Gasteiger partial charge in [0, 0.05) is 25.8 Å². The van der Waals surface area contributed by atoms with Crippen LogP contribution in [0.3, 0.4) is 0 Å². The van der Waals surface area contributed by atoms with E-state index >= 15 is 0 Å². The first kappa shape index (κ1) is 16.3. The molecule has 0 unspecified atom stereocenters. The van der Waals surface area contributed by atoms with Gasteiger partial charge in [0.05, 0.1) is 13.2 Å². The van der Waals surface area contributed by atoms with E-state index in [1.165, 1.54) is 0 Å². The van der Waals surface area contributed by atoms with E-state index in [2.05, 4.69) is 15.2 Å². The van der Waals surface area contributed by atoms with Crippen molar-refractivity contribution >= 4 is 11.7 Å². The van der Waals surface area contributed by atoms with Gasteiger partial charge in [-0.25, -0.2) is 4.98 Å². The molecule has 0 radical (unpaired) electrons. The Hall–Kier alpha value is -2.60. The van der Waals surface area contributed by atoms with E-state index in [0.29, 0.717) is 12.3 Å². The zero-order valence-corrected chi connectivity index (χ0v) is 13.5. The molecule has 0 atom stereocenters. The van der Waals surface area contributed by atoms with Crippen molar-refractivity contribution in [2.24, 2.45) is 0 Å². The van der Waals surface area contributed by atoms with Gasteiger partial charge in [0.25, 0.3) is 5.91 Å². The van der Waals surface area contributed by atoms with Crippen molar-refractivity contribution in [3.63, 3.8) is 0 Å². The molecule has 24 heavy (non-hydrogen) atoms. The fraction of sp³-hybridized carbons (Fsp3) is 0.333. The first-order chi connectivity index (χ1) is 11.8. The van der Waals surface area contributed by atoms with Crippen LogP contribution >= 0.6 is 0 Å². The van der Waals surface area contributed by atoms with Crippen LogP contribution in [-0.4, -0.2) is 43.8 Å². The zero-order valence-electron chi connectivity index (χ0n) is 13.5. The van der Waals surface area contributed by atoms with Gasteiger partial charge in [-0.2, -0.15) is 0 Å². The number of carbonyl (C=O) groups excluding carboxylic acids is 1. The molecule has 6 heteroatoms. The number of pyridine rings is 1. The molecule has 2 heterocycles. The normalized spacial score (nSPS) is 14.2. The number of morpholine rings is 1. The molecule has 1 aromatic heterocycles. The monoisotopic (exact) mass is 327 g/mol. The quantitative estimate of drug-likeness (QED) is 0.873. The van der Waals surface area contributed by atoms with Gasteiger partial charge in [0.15, 0.2) is 6.61 Å². The van der Waals surface area contributed by atoms with Gasteiger partial charge in [0.2, 0.25) is 0 Å². The predicted octanol–water partition coefficient (Wildman–Crippen LogP) is 1.61. The highest BCUT2D eigenvalue weighted by molar-refractivity contribution is 5.77. The Morgan fingerprint density at radius 2 is 2.00 bits per heavy atom. The third-order valence-corrected chi connectivity index (χ3v) is 3.75. The van der Waals surface area contributed by atoms with Crippen molar-refractivity contribution in [1.29, 1.82) is 0 Å². The molecule has 1 N–H and O–H groups in total. The average molecular weight is 327 g/mol. The summed E-state index contributed by atoms with van der Waals surface area (Å²) in [4.78, 5) is 18.5. The van der Waals surface area contributed by atoms with E-state index in [9.17, 15) is 4.79 Å². The van der Waals surface area contributed by atoms with Crippen LogP contribution in [0.5, 0.6) is 5.75 Å². The van der Waals surface area contributed by atoms with Crippen molar-refractivity contribution in [2.45, 2.75) is 6.54 Å². The van der Waals surface area contributed by atoms with Crippen molar-refractivity contribution in [3.8, 4) is 5.75 Å². The molecule has 3 rings (SSSR count). The summed E-state index contributed by atoms with van der Waals surface area (Å²) >= 11 is 0. The smallest absolute Gasteiger partial charge is 0.258 e. The van der Waals surface area contributed by atoms with Crippen LogP contribution in [-0.2, 0) is 16.1 Å². The van der Waals surface area contributed by atoms with E-state index < -0.39 is 0 Å². The second-order valence-electron chi connectivity index (χ2n) is 5.50. The molecule has 2 aromatic rings. The molecule has 6 nitrogen and oxygen atoms in total. The van der Waals surface area contributed by atoms with E-state index in [0.717, 1.165) is 37.7 Å². The second kappa shape index (κ2) is 8.31. The van der Waals surface area contributed by atoms with E-state index in [-0.39, 0.29) is 12.5 Å². The van der Waals surface area contributed by atoms with Crippen molar-refractivity contribution in [2.75, 3.05) is 37.8 Å². The number of nitrogens with zero attached hydrogens (tertiary/aromatic N) is 2. The number of hydrogen-bond donors (Lipinski definition) is 1. The van der Waals surface area contributed by atoms with E-state index in [1.54, 1.807) is 6.20 Å². The molecule has 1 aliphatic heterocycles. The first-order valence-corrected chi connectivity index (χ1v) is 8.03. The summed E-state index contributed by atoms with van der Waals surface area (Å²) in [5.41, 5.74) is 1.01. The number of hydrogen-bond acceptors (Lipinski definition) is 5. The predicted molar refractivity (Wildman–Crippen MR) is 91.1 cm³/mol. The summed E-state index contributed by atoms with van der Waals surface area (Å²) < 4.78 is 10.8. The number of nitrogens with one attached hydrogen (secondary N) is 1. The van der Waals surface area contributed by atoms with Crippen LogP contribution in [0.25, 0.3) is 0 Å². The van der Waals surface area contributed by atoms with Gasteiger partial charge in [-0.05, 0) is 29.8 Å². The maximum Gasteiger partial charge on any atom is 0.258 e. The lowest BCUT2D eigenvalue weighted by Crippen LogP contribution is -2.36. The standard InChI is InChI=1S/C18H21N3O3/c22-18(14-24-16-4-2-1-3-5-16)20-13-15-6-7-19-17(12-15)21-8-10-23-11-9-21/h1-7,12H,8-11,13-14H2,(H,20,22). The summed E-state index contributed by atoms with van der Waals surface area (Å²) in [7, 11) is 0. The number of ether oxygens (including phenoxy) is 2. The highest BCUT2D eigenvalue weighted by Gasteiger charge is 2.12. The Morgan fingerprint density at radius 1 is 1.21 bits per heavy atom. The van der Waals surface area contributed by atoms with Crippen LogP contribution in [0.1, 0.15) is 5.56 Å². The summed E-state index contributed by atoms with van der Waals surface area (Å²) in [6, 6.07) is 13.2. The van der Waals surface area contributed by atoms with Gasteiger partial charge < -0.3 is 19.7 Å². The molecule has 1 aromatic carbocycles. The lowest BCUT2D eigenvalue weighted by molar-refractivity contribution is -0.123. The molecule has 126 valence electrons. The Morgan fingerprint density at radius 3 is 2.79 bits per heavy atom. The number of para-hydroxylation sites is 1. The van der Waals surface area contributed by atoms with Gasteiger partial charge in [0.1, 0.15) is 11.6 Å². The van der Waals surface area contributed by atoms with Crippen LogP contribution < -0.4 is 15.0 Å². The molecule has 1 aliphatic rings. The highest BCUT2D eigenvalue weighted by atomic mass is 16.5. The number of anilines is 1. The fourth-order valence-corrected chi connectivity index (χ4v) is 2.45. The fourth-order valence-electron chi connectivity index (χ4n) is 2.45. The van der Waals surface area contributed by atoms with Gasteiger partial charge in [-0.1, -0.05) is 18.2 Å². The number of amides is 1. The first-order valence-electron chi connectivity index (χ1n) is 8.03. The van der Waals surface area contributed by atoms with Crippen LogP contribution in [0.15, 0.2) is 48.7 Å². The number of benzene rings is 1. The van der Waals surface area contributed by atoms with Gasteiger partial charge >= 0.3 is 0 Å². The van der Waals surface area contributed by atoms with E-state index in [4.69, 9.17) is 9.47 Å². The largest absolute Gasteiger partial charge is 0.484 e. The third kappa shape index (κ3) is 4.70. The van der Waals surface area contributed by atoms with Crippen molar-refractivity contribution in [1.82, 2.24) is 10.3 Å². The van der Waals surface area contributed by atoms with Crippen LogP contribution in [0.4, 0.5) is 5.82 Å². The minimum atomic E-state index is -0.149. The Kier molecular flexibility index (Phi) is 5.63. The SMILES string of the molecule is O=C(COc1ccccc1)NCc1ccnc(N2CCOCC2)c1. The van der Waals surface area contributed by atoms with Gasteiger partial charge in [-0.3, -0.25) is 4.79 Å². The zero-order chi connectivity index (χ0) is 16.6. The number of aromatic nitrogens is 1. The van der Waals surface area contributed by atoms with Gasteiger partial charge in [-0.15, -0.1) is 0 Å². The van der Waals surface area contributed by atoms with E-state index in [1.807, 2.05) is 42.5 Å². The molecule has 0 aliphatic carbocycles. The molecule has 0 saturated carbocycles. The second-order valence-corrected chi connectivity index (χ2v) is 5.50. The number of rotatable bonds is 6. The number of carbonyl (C=O) groups is 1. The molecular weight excluding hydrogens is 306 g/mol. The molecule has 0 spiro atoms. The highest BCUT2D eigenvalue weighted by Crippen LogP contribution is 2.14. The third-order valence-electron chi connectivity index (χ3n) is 3.75. The van der Waals surface area contributed by atoms with Crippen LogP contribution in [0.2, 0.25) is 0 Å². The lowest BCUT2D eigenvalue weighted by atomic mass is 10.2. The Labute approximate surface area is 141 Å². The molecule has 1 amide bonds. The topological polar surface area (TPSA) is 63.7 Å². The molecule has 0 bridgehead atoms. The average Bonchev–Trinajstić information content (AvgIpc) is 2.66. The molecular formula is C18H21N3O3. The minimum absolute atomic E-state index is 0.00537. The maximum absolute atomic E-state index is 11.9. The lowest BCUT2D eigenvalue weighted by Gasteiger charge is -2.28. The van der Waals surface area contributed by atoms with Crippen LogP contribution in [0, 0.1) is 0 Å². The maximum atomic E-state index is 11.9. The molecule has 1 fully saturated rings. The summed E-state index contributed by atoms with van der Waals surface area (Å²) in [5.74, 6) is 1.46. The van der Waals surface area contributed by atoms with Crippen molar-refractivity contribution in [3.05, 3.63) is 54.2 Å². The summed E-state index contributed by atoms with van der Waals surface area (Å²) in [6.45, 7) is 3.59.